The van der Waals surface area contributed by atoms with Gasteiger partial charge in [0.1, 0.15) is 5.52 Å². The zero-order valence-electron chi connectivity index (χ0n) is 16.8. The molecule has 0 bridgehead atoms. The molecule has 5 rings (SSSR count). The molecule has 6 heteroatoms. The number of para-hydroxylation sites is 2. The van der Waals surface area contributed by atoms with Crippen molar-refractivity contribution in [1.82, 2.24) is 9.88 Å². The van der Waals surface area contributed by atoms with Crippen molar-refractivity contribution in [3.8, 4) is 11.5 Å². The lowest BCUT2D eigenvalue weighted by Crippen LogP contribution is -2.38. The van der Waals surface area contributed by atoms with Crippen LogP contribution in [0.3, 0.4) is 0 Å². The molecule has 0 aliphatic carbocycles. The van der Waals surface area contributed by atoms with Crippen molar-refractivity contribution in [2.75, 3.05) is 13.2 Å². The number of carbonyl (C=O) groups excluding carboxylic acids is 2. The Morgan fingerprint density at radius 1 is 0.935 bits per heavy atom. The predicted molar refractivity (Wildman–Crippen MR) is 115 cm³/mol. The number of oxazole rings is 1. The Labute approximate surface area is 179 Å². The first-order valence-corrected chi connectivity index (χ1v) is 10.2. The molecule has 4 aromatic rings. The van der Waals surface area contributed by atoms with Gasteiger partial charge in [-0.25, -0.2) is 9.78 Å². The van der Waals surface area contributed by atoms with Gasteiger partial charge in [0, 0.05) is 13.1 Å². The van der Waals surface area contributed by atoms with Crippen molar-refractivity contribution in [3.63, 3.8) is 0 Å². The lowest BCUT2D eigenvalue weighted by atomic mass is 10.00. The van der Waals surface area contributed by atoms with Gasteiger partial charge >= 0.3 is 5.97 Å². The Balaban J connectivity index is 1.30. The number of aromatic nitrogens is 1. The zero-order chi connectivity index (χ0) is 21.2. The van der Waals surface area contributed by atoms with Crippen LogP contribution in [0.5, 0.6) is 0 Å². The third kappa shape index (κ3) is 3.80. The van der Waals surface area contributed by atoms with Crippen LogP contribution in [0.2, 0.25) is 0 Å². The smallest absolute Gasteiger partial charge is 0.339 e. The minimum absolute atomic E-state index is 0.206. The largest absolute Gasteiger partial charge is 0.452 e. The van der Waals surface area contributed by atoms with Gasteiger partial charge in [0.25, 0.3) is 5.91 Å². The summed E-state index contributed by atoms with van der Waals surface area (Å²) in [6, 6.07) is 22.4. The zero-order valence-corrected chi connectivity index (χ0v) is 16.8. The molecule has 31 heavy (non-hydrogen) atoms. The molecule has 1 aromatic heterocycles. The van der Waals surface area contributed by atoms with Gasteiger partial charge in [-0.1, -0.05) is 48.5 Å². The second-order valence-electron chi connectivity index (χ2n) is 7.44. The number of hydrogen-bond acceptors (Lipinski definition) is 5. The lowest BCUT2D eigenvalue weighted by Gasteiger charge is -2.28. The van der Waals surface area contributed by atoms with E-state index >= 15 is 0 Å². The van der Waals surface area contributed by atoms with Gasteiger partial charge in [-0.3, -0.25) is 4.79 Å². The van der Waals surface area contributed by atoms with E-state index in [0.717, 1.165) is 12.0 Å². The number of nitrogens with zero attached hydrogens (tertiary/aromatic N) is 2. The van der Waals surface area contributed by atoms with E-state index < -0.39 is 5.97 Å². The maximum absolute atomic E-state index is 12.8. The highest BCUT2D eigenvalue weighted by atomic mass is 16.5. The predicted octanol–water partition coefficient (Wildman–Crippen LogP) is 4.24. The van der Waals surface area contributed by atoms with Crippen LogP contribution < -0.4 is 0 Å². The molecule has 0 radical (unpaired) electrons. The monoisotopic (exact) mass is 412 g/mol. The molecular weight excluding hydrogens is 392 g/mol. The molecule has 1 aliphatic rings. The van der Waals surface area contributed by atoms with E-state index in [1.165, 1.54) is 5.56 Å². The standard InChI is InChI=1S/C25H20N2O4/c28-23(27-14-13-17-7-1-2-8-18(17)15-27)16-30-25(29)20-10-4-3-9-19(20)24-26-21-11-5-6-12-22(21)31-24/h1-12H,13-16H2. The van der Waals surface area contributed by atoms with Gasteiger partial charge in [0.15, 0.2) is 12.2 Å². The Morgan fingerprint density at radius 2 is 1.68 bits per heavy atom. The number of hydrogen-bond donors (Lipinski definition) is 0. The Hall–Kier alpha value is -3.93. The summed E-state index contributed by atoms with van der Waals surface area (Å²) >= 11 is 0. The van der Waals surface area contributed by atoms with Crippen LogP contribution >= 0.6 is 0 Å². The van der Waals surface area contributed by atoms with Crippen LogP contribution in [0, 0.1) is 0 Å². The van der Waals surface area contributed by atoms with Crippen molar-refractivity contribution in [3.05, 3.63) is 89.5 Å². The molecule has 0 fully saturated rings. The summed E-state index contributed by atoms with van der Waals surface area (Å²) in [5.74, 6) is -0.446. The fraction of sp³-hybridized carbons (Fsp3) is 0.160. The van der Waals surface area contributed by atoms with Crippen LogP contribution in [0.4, 0.5) is 0 Å². The summed E-state index contributed by atoms with van der Waals surface area (Å²) in [7, 11) is 0. The maximum atomic E-state index is 12.8. The number of ether oxygens (including phenoxy) is 1. The third-order valence-corrected chi connectivity index (χ3v) is 5.48. The Kier molecular flexibility index (Phi) is 4.96. The van der Waals surface area contributed by atoms with E-state index in [-0.39, 0.29) is 12.5 Å². The first kappa shape index (κ1) is 19.1. The van der Waals surface area contributed by atoms with Crippen molar-refractivity contribution in [1.29, 1.82) is 0 Å². The van der Waals surface area contributed by atoms with E-state index in [2.05, 4.69) is 11.1 Å². The normalized spacial score (nSPS) is 13.1. The average Bonchev–Trinajstić information content (AvgIpc) is 3.26. The highest BCUT2D eigenvalue weighted by Crippen LogP contribution is 2.27. The summed E-state index contributed by atoms with van der Waals surface area (Å²) in [6.45, 7) is 0.849. The molecule has 0 saturated heterocycles. The van der Waals surface area contributed by atoms with Crippen molar-refractivity contribution >= 4 is 23.0 Å². The summed E-state index contributed by atoms with van der Waals surface area (Å²) in [4.78, 5) is 31.6. The van der Waals surface area contributed by atoms with E-state index in [4.69, 9.17) is 9.15 Å². The molecule has 0 saturated carbocycles. The van der Waals surface area contributed by atoms with Crippen LogP contribution in [0.1, 0.15) is 21.5 Å². The van der Waals surface area contributed by atoms with E-state index in [1.54, 1.807) is 29.2 Å². The van der Waals surface area contributed by atoms with Crippen molar-refractivity contribution < 1.29 is 18.7 Å². The highest BCUT2D eigenvalue weighted by Gasteiger charge is 2.23. The van der Waals surface area contributed by atoms with Gasteiger partial charge in [0.05, 0.1) is 11.1 Å². The minimum Gasteiger partial charge on any atom is -0.452 e. The molecule has 1 amide bonds. The SMILES string of the molecule is O=C(OCC(=O)N1CCc2ccccc2C1)c1ccccc1-c1nc2ccccc2o1. The Morgan fingerprint density at radius 3 is 2.55 bits per heavy atom. The molecule has 2 heterocycles. The summed E-state index contributed by atoms with van der Waals surface area (Å²) in [6.07, 6.45) is 0.802. The number of carbonyl (C=O) groups is 2. The van der Waals surface area contributed by atoms with Crippen molar-refractivity contribution in [2.24, 2.45) is 0 Å². The maximum Gasteiger partial charge on any atom is 0.339 e. The number of benzene rings is 3. The molecule has 0 unspecified atom stereocenters. The fourth-order valence-corrected chi connectivity index (χ4v) is 3.84. The number of amides is 1. The number of rotatable bonds is 4. The van der Waals surface area contributed by atoms with E-state index in [9.17, 15) is 9.59 Å². The summed E-state index contributed by atoms with van der Waals surface area (Å²) < 4.78 is 11.2. The van der Waals surface area contributed by atoms with E-state index in [1.807, 2.05) is 42.5 Å². The molecule has 6 nitrogen and oxygen atoms in total. The first-order valence-electron chi connectivity index (χ1n) is 10.2. The van der Waals surface area contributed by atoms with Gasteiger partial charge < -0.3 is 14.1 Å². The third-order valence-electron chi connectivity index (χ3n) is 5.48. The quantitative estimate of drug-likeness (QED) is 0.469. The molecule has 3 aromatic carbocycles. The van der Waals surface area contributed by atoms with Crippen LogP contribution in [-0.4, -0.2) is 34.9 Å². The fourth-order valence-electron chi connectivity index (χ4n) is 3.84. The van der Waals surface area contributed by atoms with Gasteiger partial charge in [-0.05, 0) is 41.8 Å². The highest BCUT2D eigenvalue weighted by molar-refractivity contribution is 5.97. The second kappa shape index (κ2) is 8.07. The first-order chi connectivity index (χ1) is 15.2. The molecule has 0 atom stereocenters. The topological polar surface area (TPSA) is 72.6 Å². The van der Waals surface area contributed by atoms with E-state index in [0.29, 0.717) is 41.2 Å². The molecule has 0 N–H and O–H groups in total. The summed E-state index contributed by atoms with van der Waals surface area (Å²) in [5, 5.41) is 0. The molecule has 1 aliphatic heterocycles. The van der Waals surface area contributed by atoms with Crippen LogP contribution in [0.25, 0.3) is 22.6 Å². The molecular formula is C25H20N2O4. The van der Waals surface area contributed by atoms with Crippen LogP contribution in [-0.2, 0) is 22.5 Å². The average molecular weight is 412 g/mol. The second-order valence-corrected chi connectivity index (χ2v) is 7.44. The molecule has 154 valence electrons. The number of fused-ring (bicyclic) bond motifs is 2. The Bertz CT molecular complexity index is 1240. The van der Waals surface area contributed by atoms with Gasteiger partial charge in [-0.15, -0.1) is 0 Å². The van der Waals surface area contributed by atoms with Crippen LogP contribution in [0.15, 0.2) is 77.2 Å². The van der Waals surface area contributed by atoms with Gasteiger partial charge in [0.2, 0.25) is 5.89 Å². The number of esters is 1. The lowest BCUT2D eigenvalue weighted by molar-refractivity contribution is -0.135. The summed E-state index contributed by atoms with van der Waals surface area (Å²) in [5.41, 5.74) is 4.59. The molecule has 0 spiro atoms. The minimum atomic E-state index is -0.580. The van der Waals surface area contributed by atoms with Crippen molar-refractivity contribution in [2.45, 2.75) is 13.0 Å². The van der Waals surface area contributed by atoms with Gasteiger partial charge in [-0.2, -0.15) is 0 Å².